The Hall–Kier alpha value is -2.38. The number of carboxylic acid groups (broad SMARTS) is 1. The average Bonchev–Trinajstić information content (AvgIpc) is 2.33. The maximum Gasteiger partial charge on any atom is 0.311 e. The lowest BCUT2D eigenvalue weighted by Crippen LogP contribution is -2.33. The number of rotatable bonds is 7. The molecule has 8 nitrogen and oxygen atoms in total. The van der Waals surface area contributed by atoms with Gasteiger partial charge in [-0.2, -0.15) is 0 Å². The van der Waals surface area contributed by atoms with E-state index in [1.165, 1.54) is 12.1 Å². The summed E-state index contributed by atoms with van der Waals surface area (Å²) in [7, 11) is 0. The Morgan fingerprint density at radius 2 is 2.20 bits per heavy atom. The van der Waals surface area contributed by atoms with E-state index in [1.807, 2.05) is 18.7 Å². The molecule has 0 unspecified atom stereocenters. The first-order valence-corrected chi connectivity index (χ1v) is 6.22. The van der Waals surface area contributed by atoms with Crippen molar-refractivity contribution in [3.8, 4) is 0 Å². The van der Waals surface area contributed by atoms with Crippen LogP contribution in [0.25, 0.3) is 0 Å². The molecule has 0 aliphatic carbocycles. The molecule has 0 bridgehead atoms. The minimum atomic E-state index is -0.857. The van der Waals surface area contributed by atoms with Crippen LogP contribution in [0.4, 0.5) is 17.3 Å². The van der Waals surface area contributed by atoms with E-state index in [0.717, 1.165) is 0 Å². The SMILES string of the molecule is CC(C)N(CCCC(=O)O)c1ccc([N+](=O)[O-])c(N)n1. The molecule has 0 radical (unpaired) electrons. The van der Waals surface area contributed by atoms with E-state index in [2.05, 4.69) is 4.98 Å². The van der Waals surface area contributed by atoms with E-state index >= 15 is 0 Å². The van der Waals surface area contributed by atoms with Crippen LogP contribution in [0.5, 0.6) is 0 Å². The van der Waals surface area contributed by atoms with Gasteiger partial charge in [0.2, 0.25) is 5.82 Å². The fourth-order valence-corrected chi connectivity index (χ4v) is 1.81. The number of hydrogen-bond acceptors (Lipinski definition) is 6. The molecule has 0 atom stereocenters. The predicted octanol–water partition coefficient (Wildman–Crippen LogP) is 1.65. The lowest BCUT2D eigenvalue weighted by Gasteiger charge is -2.27. The van der Waals surface area contributed by atoms with Crippen molar-refractivity contribution in [2.24, 2.45) is 0 Å². The van der Waals surface area contributed by atoms with Crippen molar-refractivity contribution in [1.82, 2.24) is 4.98 Å². The van der Waals surface area contributed by atoms with Gasteiger partial charge in [0.1, 0.15) is 5.82 Å². The lowest BCUT2D eigenvalue weighted by atomic mass is 10.2. The van der Waals surface area contributed by atoms with Crippen LogP contribution in [-0.2, 0) is 4.79 Å². The summed E-state index contributed by atoms with van der Waals surface area (Å²) in [6, 6.07) is 2.91. The number of aromatic nitrogens is 1. The lowest BCUT2D eigenvalue weighted by molar-refractivity contribution is -0.384. The number of nitrogen functional groups attached to an aromatic ring is 1. The van der Waals surface area contributed by atoms with Crippen LogP contribution >= 0.6 is 0 Å². The van der Waals surface area contributed by atoms with Gasteiger partial charge in [0.25, 0.3) is 0 Å². The van der Waals surface area contributed by atoms with Crippen molar-refractivity contribution in [1.29, 1.82) is 0 Å². The van der Waals surface area contributed by atoms with Crippen LogP contribution in [0.1, 0.15) is 26.7 Å². The number of aliphatic carboxylic acids is 1. The zero-order valence-corrected chi connectivity index (χ0v) is 11.4. The Morgan fingerprint density at radius 1 is 1.55 bits per heavy atom. The van der Waals surface area contributed by atoms with Gasteiger partial charge in [-0.15, -0.1) is 0 Å². The van der Waals surface area contributed by atoms with Crippen molar-refractivity contribution < 1.29 is 14.8 Å². The molecule has 1 rings (SSSR count). The van der Waals surface area contributed by atoms with Gasteiger partial charge in [0.05, 0.1) is 4.92 Å². The summed E-state index contributed by atoms with van der Waals surface area (Å²) >= 11 is 0. The number of anilines is 2. The van der Waals surface area contributed by atoms with E-state index in [-0.39, 0.29) is 24.0 Å². The molecule has 0 aromatic carbocycles. The molecule has 0 aliphatic rings. The van der Waals surface area contributed by atoms with Crippen LogP contribution < -0.4 is 10.6 Å². The van der Waals surface area contributed by atoms with Crippen LogP contribution in [0, 0.1) is 10.1 Å². The third kappa shape index (κ3) is 4.08. The molecule has 1 aromatic rings. The molecule has 110 valence electrons. The monoisotopic (exact) mass is 282 g/mol. The van der Waals surface area contributed by atoms with Crippen LogP contribution in [-0.4, -0.2) is 33.6 Å². The zero-order valence-electron chi connectivity index (χ0n) is 11.4. The molecular weight excluding hydrogens is 264 g/mol. The maximum absolute atomic E-state index is 10.7. The van der Waals surface area contributed by atoms with E-state index < -0.39 is 10.9 Å². The highest BCUT2D eigenvalue weighted by atomic mass is 16.6. The molecule has 0 fully saturated rings. The Morgan fingerprint density at radius 3 is 2.65 bits per heavy atom. The second-order valence-electron chi connectivity index (χ2n) is 4.62. The van der Waals surface area contributed by atoms with Gasteiger partial charge in [0.15, 0.2) is 0 Å². The molecule has 0 saturated carbocycles. The standard InChI is InChI=1S/C12H18N4O4/c1-8(2)15(7-3-4-11(17)18)10-6-5-9(16(19)20)12(13)14-10/h5-6,8H,3-4,7H2,1-2H3,(H2,13,14)(H,17,18). The molecule has 0 aliphatic heterocycles. The molecule has 1 heterocycles. The molecule has 8 heteroatoms. The first kappa shape index (κ1) is 15.7. The number of nitrogens with two attached hydrogens (primary N) is 1. The number of nitrogens with zero attached hydrogens (tertiary/aromatic N) is 3. The summed E-state index contributed by atoms with van der Waals surface area (Å²) in [5.41, 5.74) is 5.33. The molecule has 1 aromatic heterocycles. The second-order valence-corrected chi connectivity index (χ2v) is 4.62. The van der Waals surface area contributed by atoms with Gasteiger partial charge in [-0.05, 0) is 26.3 Å². The van der Waals surface area contributed by atoms with Crippen molar-refractivity contribution in [3.05, 3.63) is 22.2 Å². The highest BCUT2D eigenvalue weighted by Gasteiger charge is 2.17. The number of hydrogen-bond donors (Lipinski definition) is 2. The highest BCUT2D eigenvalue weighted by molar-refractivity contribution is 5.66. The molecular formula is C12H18N4O4. The molecule has 20 heavy (non-hydrogen) atoms. The molecule has 0 amide bonds. The number of pyridine rings is 1. The van der Waals surface area contributed by atoms with Crippen LogP contribution in [0.15, 0.2) is 12.1 Å². The topological polar surface area (TPSA) is 123 Å². The minimum absolute atomic E-state index is 0.0612. The number of carbonyl (C=O) groups is 1. The first-order chi connectivity index (χ1) is 9.32. The maximum atomic E-state index is 10.7. The average molecular weight is 282 g/mol. The summed E-state index contributed by atoms with van der Waals surface area (Å²) in [5, 5.41) is 19.3. The van der Waals surface area contributed by atoms with Gasteiger partial charge in [0, 0.05) is 25.1 Å². The van der Waals surface area contributed by atoms with E-state index in [0.29, 0.717) is 18.8 Å². The quantitative estimate of drug-likeness (QED) is 0.575. The summed E-state index contributed by atoms with van der Waals surface area (Å²) < 4.78 is 0. The second kappa shape index (κ2) is 6.69. The van der Waals surface area contributed by atoms with E-state index in [4.69, 9.17) is 10.8 Å². The molecule has 0 spiro atoms. The van der Waals surface area contributed by atoms with E-state index in [9.17, 15) is 14.9 Å². The first-order valence-electron chi connectivity index (χ1n) is 6.22. The smallest absolute Gasteiger partial charge is 0.311 e. The number of nitro groups is 1. The summed E-state index contributed by atoms with van der Waals surface area (Å²) in [5.74, 6) is -0.491. The predicted molar refractivity (Wildman–Crippen MR) is 74.7 cm³/mol. The van der Waals surface area contributed by atoms with Gasteiger partial charge < -0.3 is 15.7 Å². The Balaban J connectivity index is 2.89. The molecule has 0 saturated heterocycles. The van der Waals surface area contributed by atoms with Gasteiger partial charge >= 0.3 is 11.7 Å². The van der Waals surface area contributed by atoms with Gasteiger partial charge in [-0.3, -0.25) is 14.9 Å². The summed E-state index contributed by atoms with van der Waals surface area (Å²) in [6.45, 7) is 4.36. The Bertz CT molecular complexity index is 504. The third-order valence-electron chi connectivity index (χ3n) is 2.79. The van der Waals surface area contributed by atoms with Crippen molar-refractivity contribution in [2.45, 2.75) is 32.7 Å². The Labute approximate surface area is 116 Å². The minimum Gasteiger partial charge on any atom is -0.481 e. The van der Waals surface area contributed by atoms with Crippen molar-refractivity contribution in [2.75, 3.05) is 17.2 Å². The fourth-order valence-electron chi connectivity index (χ4n) is 1.81. The van der Waals surface area contributed by atoms with Crippen LogP contribution in [0.2, 0.25) is 0 Å². The van der Waals surface area contributed by atoms with Crippen molar-refractivity contribution in [3.63, 3.8) is 0 Å². The third-order valence-corrected chi connectivity index (χ3v) is 2.79. The fraction of sp³-hybridized carbons (Fsp3) is 0.500. The van der Waals surface area contributed by atoms with Gasteiger partial charge in [-0.25, -0.2) is 4.98 Å². The highest BCUT2D eigenvalue weighted by Crippen LogP contribution is 2.24. The summed E-state index contributed by atoms with van der Waals surface area (Å²) in [4.78, 5) is 26.5. The zero-order chi connectivity index (χ0) is 15.3. The molecule has 3 N–H and O–H groups in total. The van der Waals surface area contributed by atoms with Crippen molar-refractivity contribution >= 4 is 23.3 Å². The van der Waals surface area contributed by atoms with Crippen LogP contribution in [0.3, 0.4) is 0 Å². The normalized spacial score (nSPS) is 10.6. The largest absolute Gasteiger partial charge is 0.481 e. The van der Waals surface area contributed by atoms with Gasteiger partial charge in [-0.1, -0.05) is 0 Å². The Kier molecular flexibility index (Phi) is 5.24. The summed E-state index contributed by atoms with van der Waals surface area (Å²) in [6.07, 6.45) is 0.526. The van der Waals surface area contributed by atoms with E-state index in [1.54, 1.807) is 0 Å². The number of carboxylic acids is 1.